The summed E-state index contributed by atoms with van der Waals surface area (Å²) in [7, 11) is 0. The first-order valence-electron chi connectivity index (χ1n) is 8.81. The van der Waals surface area contributed by atoms with Gasteiger partial charge in [-0.2, -0.15) is 10.4 Å². The Morgan fingerprint density at radius 3 is 2.85 bits per heavy atom. The van der Waals surface area contributed by atoms with Crippen molar-refractivity contribution in [3.8, 4) is 6.07 Å². The summed E-state index contributed by atoms with van der Waals surface area (Å²) >= 11 is 0. The van der Waals surface area contributed by atoms with Crippen LogP contribution in [-0.2, 0) is 4.74 Å². The van der Waals surface area contributed by atoms with Gasteiger partial charge in [-0.3, -0.25) is 4.90 Å². The van der Waals surface area contributed by atoms with Crippen molar-refractivity contribution in [2.75, 3.05) is 0 Å². The van der Waals surface area contributed by atoms with Crippen LogP contribution < -0.4 is 0 Å². The number of aromatic nitrogens is 3. The number of carbonyl (C=O) groups excluding carboxylic acids is 1. The van der Waals surface area contributed by atoms with Gasteiger partial charge in [0, 0.05) is 24.0 Å². The highest BCUT2D eigenvalue weighted by Crippen LogP contribution is 2.39. The molecule has 7 heteroatoms. The molecule has 2 unspecified atom stereocenters. The Morgan fingerprint density at radius 1 is 1.35 bits per heavy atom. The smallest absolute Gasteiger partial charge is 0.411 e. The molecule has 1 saturated heterocycles. The molecule has 2 aliphatic heterocycles. The van der Waals surface area contributed by atoms with Crippen molar-refractivity contribution in [1.29, 1.82) is 5.26 Å². The van der Waals surface area contributed by atoms with Crippen LogP contribution in [0.5, 0.6) is 0 Å². The summed E-state index contributed by atoms with van der Waals surface area (Å²) < 4.78 is 7.21. The Hall–Kier alpha value is -2.88. The summed E-state index contributed by atoms with van der Waals surface area (Å²) in [4.78, 5) is 18.8. The zero-order chi connectivity index (χ0) is 18.5. The monoisotopic (exact) mass is 351 g/mol. The summed E-state index contributed by atoms with van der Waals surface area (Å²) in [5.74, 6) is 0. The van der Waals surface area contributed by atoms with Gasteiger partial charge in [-0.05, 0) is 45.6 Å². The fraction of sp³-hybridized carbons (Fsp3) is 0.474. The summed E-state index contributed by atoms with van der Waals surface area (Å²) in [6.45, 7) is 5.66. The van der Waals surface area contributed by atoms with Crippen LogP contribution in [0, 0.1) is 11.3 Å². The van der Waals surface area contributed by atoms with E-state index in [0.29, 0.717) is 11.2 Å². The molecular weight excluding hydrogens is 330 g/mol. The van der Waals surface area contributed by atoms with Gasteiger partial charge in [-0.15, -0.1) is 0 Å². The highest BCUT2D eigenvalue weighted by atomic mass is 16.6. The molecular formula is C19H21N5O2. The van der Waals surface area contributed by atoms with Crippen molar-refractivity contribution < 1.29 is 9.53 Å². The molecule has 0 aliphatic carbocycles. The average Bonchev–Trinajstić information content (AvgIpc) is 3.10. The topological polar surface area (TPSA) is 83.5 Å². The van der Waals surface area contributed by atoms with Gasteiger partial charge >= 0.3 is 6.09 Å². The van der Waals surface area contributed by atoms with E-state index in [1.54, 1.807) is 10.7 Å². The zero-order valence-electron chi connectivity index (χ0n) is 15.1. The number of fused-ring (bicyclic) bond motifs is 3. The lowest BCUT2D eigenvalue weighted by atomic mass is 9.97. The van der Waals surface area contributed by atoms with Crippen molar-refractivity contribution in [3.63, 3.8) is 0 Å². The number of hydrogen-bond donors (Lipinski definition) is 0. The molecule has 2 aromatic rings. The van der Waals surface area contributed by atoms with Crippen LogP contribution >= 0.6 is 0 Å². The molecule has 4 rings (SSSR count). The molecule has 0 aromatic carbocycles. The predicted octanol–water partition coefficient (Wildman–Crippen LogP) is 3.16. The predicted molar refractivity (Wildman–Crippen MR) is 95.2 cm³/mol. The molecule has 1 fully saturated rings. The molecule has 7 nitrogen and oxygen atoms in total. The minimum Gasteiger partial charge on any atom is -0.444 e. The standard InChI is InChI=1S/C19H21N5O2/c1-19(2,3)26-18(25)24-15-4-5-16(24)7-12(6-15)14-9-21-17-13(8-20)10-22-23(17)11-14/h6,9-11,15-16H,4-5,7H2,1-3H3. The number of nitriles is 1. The lowest BCUT2D eigenvalue weighted by molar-refractivity contribution is 0.0175. The van der Waals surface area contributed by atoms with Crippen molar-refractivity contribution in [1.82, 2.24) is 19.5 Å². The first-order valence-corrected chi connectivity index (χ1v) is 8.81. The normalized spacial score (nSPS) is 22.2. The zero-order valence-corrected chi connectivity index (χ0v) is 15.1. The Kier molecular flexibility index (Phi) is 3.72. The summed E-state index contributed by atoms with van der Waals surface area (Å²) in [5.41, 5.74) is 2.68. The summed E-state index contributed by atoms with van der Waals surface area (Å²) in [5, 5.41) is 13.3. The maximum Gasteiger partial charge on any atom is 0.411 e. The molecule has 0 saturated carbocycles. The fourth-order valence-electron chi connectivity index (χ4n) is 3.76. The van der Waals surface area contributed by atoms with Crippen LogP contribution in [-0.4, -0.2) is 43.3 Å². The SMILES string of the molecule is CC(C)(C)OC(=O)N1C2C=C(c3cnc4c(C#N)cnn4c3)CC1CC2. The molecule has 2 aliphatic rings. The van der Waals surface area contributed by atoms with Gasteiger partial charge in [0.2, 0.25) is 0 Å². The second kappa shape index (κ2) is 5.84. The molecule has 2 bridgehead atoms. The quantitative estimate of drug-likeness (QED) is 0.788. The van der Waals surface area contributed by atoms with Crippen LogP contribution in [0.1, 0.15) is 51.2 Å². The van der Waals surface area contributed by atoms with E-state index in [2.05, 4.69) is 22.2 Å². The number of amides is 1. The highest BCUT2D eigenvalue weighted by molar-refractivity contribution is 5.75. The summed E-state index contributed by atoms with van der Waals surface area (Å²) in [6, 6.07) is 2.30. The molecule has 134 valence electrons. The molecule has 2 atom stereocenters. The van der Waals surface area contributed by atoms with Gasteiger partial charge in [0.15, 0.2) is 5.65 Å². The highest BCUT2D eigenvalue weighted by Gasteiger charge is 2.41. The van der Waals surface area contributed by atoms with E-state index in [1.165, 1.54) is 11.8 Å². The average molecular weight is 351 g/mol. The molecule has 0 N–H and O–H groups in total. The Bertz CT molecular complexity index is 947. The van der Waals surface area contributed by atoms with Crippen LogP contribution in [0.4, 0.5) is 4.79 Å². The molecule has 1 amide bonds. The third kappa shape index (κ3) is 2.81. The molecule has 0 spiro atoms. The number of carbonyl (C=O) groups is 1. The van der Waals surface area contributed by atoms with Gasteiger partial charge in [0.1, 0.15) is 17.2 Å². The van der Waals surface area contributed by atoms with Crippen LogP contribution in [0.25, 0.3) is 11.2 Å². The lowest BCUT2D eigenvalue weighted by Crippen LogP contribution is -2.45. The van der Waals surface area contributed by atoms with Gasteiger partial charge in [0.05, 0.1) is 12.2 Å². The van der Waals surface area contributed by atoms with E-state index in [-0.39, 0.29) is 18.2 Å². The van der Waals surface area contributed by atoms with Gasteiger partial charge in [-0.1, -0.05) is 6.08 Å². The second-order valence-corrected chi connectivity index (χ2v) is 7.86. The van der Waals surface area contributed by atoms with Crippen LogP contribution in [0.2, 0.25) is 0 Å². The number of rotatable bonds is 1. The van der Waals surface area contributed by atoms with Gasteiger partial charge in [0.25, 0.3) is 0 Å². The third-order valence-electron chi connectivity index (χ3n) is 4.85. The van der Waals surface area contributed by atoms with Crippen molar-refractivity contribution in [3.05, 3.63) is 35.8 Å². The summed E-state index contributed by atoms with van der Waals surface area (Å²) in [6.07, 6.45) is 9.81. The molecule has 2 aromatic heterocycles. The minimum absolute atomic E-state index is 0.0570. The van der Waals surface area contributed by atoms with E-state index in [9.17, 15) is 4.79 Å². The first kappa shape index (κ1) is 16.6. The first-order chi connectivity index (χ1) is 12.4. The molecule has 26 heavy (non-hydrogen) atoms. The Labute approximate surface area is 151 Å². The van der Waals surface area contributed by atoms with Gasteiger partial charge < -0.3 is 4.74 Å². The van der Waals surface area contributed by atoms with E-state index < -0.39 is 5.60 Å². The Balaban J connectivity index is 1.61. The van der Waals surface area contributed by atoms with E-state index in [4.69, 9.17) is 10.00 Å². The largest absolute Gasteiger partial charge is 0.444 e. The fourth-order valence-corrected chi connectivity index (χ4v) is 3.76. The second-order valence-electron chi connectivity index (χ2n) is 7.86. The Morgan fingerprint density at radius 2 is 2.15 bits per heavy atom. The number of nitrogens with zero attached hydrogens (tertiary/aromatic N) is 5. The number of ether oxygens (including phenoxy) is 1. The molecule has 4 heterocycles. The minimum atomic E-state index is -0.492. The third-order valence-corrected chi connectivity index (χ3v) is 4.85. The van der Waals surface area contributed by atoms with Crippen molar-refractivity contribution in [2.24, 2.45) is 0 Å². The lowest BCUT2D eigenvalue weighted by Gasteiger charge is -2.35. The maximum absolute atomic E-state index is 12.5. The van der Waals surface area contributed by atoms with Gasteiger partial charge in [-0.25, -0.2) is 14.3 Å². The maximum atomic E-state index is 12.5. The number of hydrogen-bond acceptors (Lipinski definition) is 5. The van der Waals surface area contributed by atoms with E-state index in [1.807, 2.05) is 31.9 Å². The van der Waals surface area contributed by atoms with Crippen LogP contribution in [0.3, 0.4) is 0 Å². The van der Waals surface area contributed by atoms with E-state index >= 15 is 0 Å². The van der Waals surface area contributed by atoms with E-state index in [0.717, 1.165) is 24.8 Å². The molecule has 0 radical (unpaired) electrons. The van der Waals surface area contributed by atoms with Crippen molar-refractivity contribution in [2.45, 2.75) is 57.7 Å². The van der Waals surface area contributed by atoms with Crippen molar-refractivity contribution >= 4 is 17.3 Å². The van der Waals surface area contributed by atoms with Crippen LogP contribution in [0.15, 0.2) is 24.7 Å².